The summed E-state index contributed by atoms with van der Waals surface area (Å²) in [5.41, 5.74) is 0.611. The summed E-state index contributed by atoms with van der Waals surface area (Å²) in [5, 5.41) is 0. The highest BCUT2D eigenvalue weighted by Gasteiger charge is 1.96. The SMILES string of the molecule is COc1ccc([18F])c(C)c1. The van der Waals surface area contributed by atoms with Crippen LogP contribution in [0.1, 0.15) is 5.56 Å². The van der Waals surface area contributed by atoms with Crippen LogP contribution in [-0.2, 0) is 0 Å². The molecule has 0 aliphatic heterocycles. The minimum Gasteiger partial charge on any atom is -0.497 e. The molecule has 0 radical (unpaired) electrons. The number of ether oxygens (including phenoxy) is 1. The lowest BCUT2D eigenvalue weighted by atomic mass is 10.2. The molecule has 0 bridgehead atoms. The van der Waals surface area contributed by atoms with Crippen LogP contribution in [0.15, 0.2) is 18.2 Å². The maximum atomic E-state index is 12.6. The summed E-state index contributed by atoms with van der Waals surface area (Å²) in [7, 11) is 1.56. The van der Waals surface area contributed by atoms with Crippen molar-refractivity contribution in [3.63, 3.8) is 0 Å². The van der Waals surface area contributed by atoms with E-state index >= 15 is 0 Å². The van der Waals surface area contributed by atoms with E-state index in [2.05, 4.69) is 0 Å². The fourth-order valence-electron chi connectivity index (χ4n) is 0.744. The van der Waals surface area contributed by atoms with Crippen LogP contribution in [-0.4, -0.2) is 7.11 Å². The van der Waals surface area contributed by atoms with Gasteiger partial charge < -0.3 is 4.74 Å². The first-order valence-electron chi connectivity index (χ1n) is 3.04. The normalized spacial score (nSPS) is 9.50. The third kappa shape index (κ3) is 1.26. The van der Waals surface area contributed by atoms with Crippen LogP contribution in [0, 0.1) is 12.7 Å². The molecule has 0 aliphatic rings. The van der Waals surface area contributed by atoms with Crippen LogP contribution in [0.3, 0.4) is 0 Å². The molecule has 1 nitrogen and oxygen atoms in total. The molecule has 0 N–H and O–H groups in total. The van der Waals surface area contributed by atoms with Crippen molar-refractivity contribution in [1.29, 1.82) is 0 Å². The molecule has 0 spiro atoms. The van der Waals surface area contributed by atoms with E-state index in [4.69, 9.17) is 4.74 Å². The molecule has 54 valence electrons. The number of rotatable bonds is 1. The van der Waals surface area contributed by atoms with E-state index in [9.17, 15) is 4.39 Å². The van der Waals surface area contributed by atoms with Gasteiger partial charge in [-0.05, 0) is 30.7 Å². The molecular weight excluding hydrogens is 130 g/mol. The van der Waals surface area contributed by atoms with Gasteiger partial charge in [-0.15, -0.1) is 0 Å². The molecule has 0 saturated heterocycles. The van der Waals surface area contributed by atoms with Crippen molar-refractivity contribution in [3.05, 3.63) is 29.6 Å². The van der Waals surface area contributed by atoms with Crippen LogP contribution in [0.5, 0.6) is 5.75 Å². The zero-order chi connectivity index (χ0) is 7.56. The first kappa shape index (κ1) is 7.06. The van der Waals surface area contributed by atoms with E-state index in [1.807, 2.05) is 0 Å². The molecule has 0 aliphatic carbocycles. The molecule has 1 aromatic rings. The Morgan fingerprint density at radius 2 is 2.10 bits per heavy atom. The Balaban J connectivity index is 3.04. The second-order valence-electron chi connectivity index (χ2n) is 2.12. The number of hydrogen-bond donors (Lipinski definition) is 0. The Morgan fingerprint density at radius 3 is 2.60 bits per heavy atom. The summed E-state index contributed by atoms with van der Waals surface area (Å²) in [4.78, 5) is 0. The molecule has 1 rings (SSSR count). The minimum atomic E-state index is -0.194. The second kappa shape index (κ2) is 2.69. The Bertz CT molecular complexity index is 233. The van der Waals surface area contributed by atoms with Crippen molar-refractivity contribution >= 4 is 0 Å². The molecule has 10 heavy (non-hydrogen) atoms. The maximum absolute atomic E-state index is 12.6. The van der Waals surface area contributed by atoms with Crippen molar-refractivity contribution < 1.29 is 9.13 Å². The van der Waals surface area contributed by atoms with Gasteiger partial charge in [-0.3, -0.25) is 0 Å². The van der Waals surface area contributed by atoms with E-state index in [0.717, 1.165) is 0 Å². The van der Waals surface area contributed by atoms with E-state index in [0.29, 0.717) is 11.3 Å². The molecule has 0 fully saturated rings. The van der Waals surface area contributed by atoms with E-state index < -0.39 is 0 Å². The van der Waals surface area contributed by atoms with E-state index in [-0.39, 0.29) is 5.82 Å². The highest BCUT2D eigenvalue weighted by atomic mass is 18.2. The fourth-order valence-corrected chi connectivity index (χ4v) is 0.744. The average Bonchev–Trinajstić information content (AvgIpc) is 1.95. The van der Waals surface area contributed by atoms with E-state index in [1.54, 1.807) is 26.2 Å². The summed E-state index contributed by atoms with van der Waals surface area (Å²) in [5.74, 6) is 0.500. The van der Waals surface area contributed by atoms with E-state index in [1.165, 1.54) is 6.07 Å². The number of halogens is 1. The highest BCUT2D eigenvalue weighted by Crippen LogP contribution is 2.14. The van der Waals surface area contributed by atoms with Crippen molar-refractivity contribution in [1.82, 2.24) is 0 Å². The Morgan fingerprint density at radius 1 is 1.40 bits per heavy atom. The van der Waals surface area contributed by atoms with Crippen molar-refractivity contribution in [3.8, 4) is 5.75 Å². The molecule has 0 saturated carbocycles. The summed E-state index contributed by atoms with van der Waals surface area (Å²) in [6.45, 7) is 1.71. The third-order valence-corrected chi connectivity index (χ3v) is 1.37. The lowest BCUT2D eigenvalue weighted by molar-refractivity contribution is 0.413. The fraction of sp³-hybridized carbons (Fsp3) is 0.250. The van der Waals surface area contributed by atoms with Gasteiger partial charge in [0.05, 0.1) is 7.11 Å². The second-order valence-corrected chi connectivity index (χ2v) is 2.12. The van der Waals surface area contributed by atoms with Gasteiger partial charge in [0.1, 0.15) is 11.6 Å². The summed E-state index contributed by atoms with van der Waals surface area (Å²) < 4.78 is 17.5. The number of aryl methyl sites for hydroxylation is 1. The molecule has 0 aromatic heterocycles. The van der Waals surface area contributed by atoms with Crippen molar-refractivity contribution in [2.24, 2.45) is 0 Å². The van der Waals surface area contributed by atoms with Crippen LogP contribution < -0.4 is 4.74 Å². The lowest BCUT2D eigenvalue weighted by Gasteiger charge is -2.00. The maximum Gasteiger partial charge on any atom is 0.126 e. The predicted octanol–water partition coefficient (Wildman–Crippen LogP) is 2.14. The summed E-state index contributed by atoms with van der Waals surface area (Å²) >= 11 is 0. The predicted molar refractivity (Wildman–Crippen MR) is 37.7 cm³/mol. The topological polar surface area (TPSA) is 9.23 Å². The molecule has 0 heterocycles. The first-order valence-corrected chi connectivity index (χ1v) is 3.04. The Kier molecular flexibility index (Phi) is 1.90. The minimum absolute atomic E-state index is 0.194. The van der Waals surface area contributed by atoms with Crippen molar-refractivity contribution in [2.45, 2.75) is 6.92 Å². The smallest absolute Gasteiger partial charge is 0.126 e. The van der Waals surface area contributed by atoms with Crippen LogP contribution in [0.4, 0.5) is 4.39 Å². The third-order valence-electron chi connectivity index (χ3n) is 1.37. The van der Waals surface area contributed by atoms with Gasteiger partial charge in [0.2, 0.25) is 0 Å². The lowest BCUT2D eigenvalue weighted by Crippen LogP contribution is -1.85. The summed E-state index contributed by atoms with van der Waals surface area (Å²) in [6, 6.07) is 4.66. The quantitative estimate of drug-likeness (QED) is 0.579. The van der Waals surface area contributed by atoms with Gasteiger partial charge in [0.15, 0.2) is 0 Å². The molecule has 0 amide bonds. The average molecular weight is 139 g/mol. The Hall–Kier alpha value is -1.05. The monoisotopic (exact) mass is 139 g/mol. The molecule has 1 aromatic carbocycles. The van der Waals surface area contributed by atoms with Gasteiger partial charge in [-0.2, -0.15) is 0 Å². The van der Waals surface area contributed by atoms with Crippen LogP contribution in [0.25, 0.3) is 0 Å². The molecule has 0 atom stereocenters. The zero-order valence-electron chi connectivity index (χ0n) is 6.02. The Labute approximate surface area is 59.4 Å². The first-order chi connectivity index (χ1) is 4.74. The largest absolute Gasteiger partial charge is 0.497 e. The molecule has 0 unspecified atom stereocenters. The van der Waals surface area contributed by atoms with Crippen LogP contribution >= 0.6 is 0 Å². The summed E-state index contributed by atoms with van der Waals surface area (Å²) in [6.07, 6.45) is 0. The molecule has 2 heteroatoms. The van der Waals surface area contributed by atoms with Gasteiger partial charge >= 0.3 is 0 Å². The van der Waals surface area contributed by atoms with Gasteiger partial charge in [0.25, 0.3) is 0 Å². The number of benzene rings is 1. The van der Waals surface area contributed by atoms with Gasteiger partial charge in [-0.1, -0.05) is 0 Å². The van der Waals surface area contributed by atoms with Gasteiger partial charge in [0, 0.05) is 0 Å². The van der Waals surface area contributed by atoms with Crippen LogP contribution in [0.2, 0.25) is 0 Å². The number of methoxy groups -OCH3 is 1. The zero-order valence-corrected chi connectivity index (χ0v) is 6.02. The van der Waals surface area contributed by atoms with Crippen molar-refractivity contribution in [2.75, 3.05) is 7.11 Å². The molecular formula is C8H9FO. The number of hydrogen-bond acceptors (Lipinski definition) is 1. The standard InChI is InChI=1S/C8H9FO/c1-6-5-7(10-2)3-4-8(6)9/h3-5H,1-2H3/i9-1. The van der Waals surface area contributed by atoms with Gasteiger partial charge in [-0.25, -0.2) is 4.39 Å². The highest BCUT2D eigenvalue weighted by molar-refractivity contribution is 5.28.